The van der Waals surface area contributed by atoms with Crippen molar-refractivity contribution >= 4 is 35.0 Å². The summed E-state index contributed by atoms with van der Waals surface area (Å²) >= 11 is 4.56. The van der Waals surface area contributed by atoms with E-state index in [-0.39, 0.29) is 17.5 Å². The first-order valence-electron chi connectivity index (χ1n) is 5.72. The van der Waals surface area contributed by atoms with E-state index in [1.165, 1.54) is 7.11 Å². The highest BCUT2D eigenvalue weighted by molar-refractivity contribution is 7.80. The summed E-state index contributed by atoms with van der Waals surface area (Å²) in [5.74, 6) is -2.26. The number of hydrogen-bond donors (Lipinski definition) is 3. The molecule has 0 saturated carbocycles. The molecule has 108 valence electrons. The smallest absolute Gasteiger partial charge is 0.328 e. The highest BCUT2D eigenvalue weighted by Gasteiger charge is 2.25. The van der Waals surface area contributed by atoms with Crippen LogP contribution in [-0.4, -0.2) is 42.5 Å². The molecule has 0 rings (SSSR count). The average Bonchev–Trinajstić information content (AvgIpc) is 2.33. The van der Waals surface area contributed by atoms with Crippen molar-refractivity contribution in [3.63, 3.8) is 0 Å². The van der Waals surface area contributed by atoms with Crippen molar-refractivity contribution in [2.45, 2.75) is 26.3 Å². The second-order valence-electron chi connectivity index (χ2n) is 4.33. The number of carbonyl (C=O) groups is 3. The molecule has 4 N–H and O–H groups in total. The summed E-state index contributed by atoms with van der Waals surface area (Å²) in [6.07, 6.45) is 0.376. The fourth-order valence-electron chi connectivity index (χ4n) is 1.30. The largest absolute Gasteiger partial charge is 0.467 e. The van der Waals surface area contributed by atoms with Crippen LogP contribution in [0.2, 0.25) is 0 Å². The SMILES string of the molecule is COC(=O)C(CC(C)C)NC(=O)C(=O)NCC(N)=S. The Hall–Kier alpha value is -1.70. The Labute approximate surface area is 117 Å². The molecular formula is C11H19N3O4S. The number of ether oxygens (including phenoxy) is 1. The lowest BCUT2D eigenvalue weighted by Gasteiger charge is -2.17. The van der Waals surface area contributed by atoms with E-state index in [0.29, 0.717) is 6.42 Å². The van der Waals surface area contributed by atoms with Gasteiger partial charge in [-0.1, -0.05) is 26.1 Å². The fraction of sp³-hybridized carbons (Fsp3) is 0.636. The van der Waals surface area contributed by atoms with Crippen LogP contribution >= 0.6 is 12.2 Å². The number of esters is 1. The quantitative estimate of drug-likeness (QED) is 0.332. The maximum absolute atomic E-state index is 11.6. The standard InChI is InChI=1S/C11H19N3O4S/c1-6(2)4-7(11(17)18-3)14-10(16)9(15)13-5-8(12)19/h6-7H,4-5H2,1-3H3,(H2,12,19)(H,13,15)(H,14,16). The number of nitrogens with two attached hydrogens (primary N) is 1. The number of rotatable bonds is 6. The van der Waals surface area contributed by atoms with Crippen LogP contribution in [0.4, 0.5) is 0 Å². The van der Waals surface area contributed by atoms with Crippen LogP contribution < -0.4 is 16.4 Å². The van der Waals surface area contributed by atoms with E-state index in [0.717, 1.165) is 0 Å². The van der Waals surface area contributed by atoms with E-state index in [2.05, 4.69) is 27.6 Å². The first kappa shape index (κ1) is 17.3. The third-order valence-electron chi connectivity index (χ3n) is 2.13. The predicted octanol–water partition coefficient (Wildman–Crippen LogP) is -0.907. The maximum atomic E-state index is 11.6. The second kappa shape index (κ2) is 8.41. The normalized spacial score (nSPS) is 11.6. The molecule has 2 amide bonds. The Balaban J connectivity index is 4.49. The van der Waals surface area contributed by atoms with Crippen molar-refractivity contribution < 1.29 is 19.1 Å². The Morgan fingerprint density at radius 3 is 2.26 bits per heavy atom. The summed E-state index contributed by atoms with van der Waals surface area (Å²) in [6, 6.07) is -0.854. The summed E-state index contributed by atoms with van der Waals surface area (Å²) in [7, 11) is 1.22. The van der Waals surface area contributed by atoms with Crippen LogP contribution in [0, 0.1) is 5.92 Å². The fourth-order valence-corrected chi connectivity index (χ4v) is 1.37. The lowest BCUT2D eigenvalue weighted by Crippen LogP contribution is -2.49. The zero-order chi connectivity index (χ0) is 15.0. The molecule has 0 spiro atoms. The van der Waals surface area contributed by atoms with Gasteiger partial charge in [0.05, 0.1) is 18.6 Å². The molecule has 0 saturated heterocycles. The van der Waals surface area contributed by atoms with Gasteiger partial charge in [0.1, 0.15) is 6.04 Å². The number of thiocarbonyl (C=S) groups is 1. The van der Waals surface area contributed by atoms with Gasteiger partial charge >= 0.3 is 17.8 Å². The number of hydrogen-bond acceptors (Lipinski definition) is 5. The first-order valence-corrected chi connectivity index (χ1v) is 6.13. The van der Waals surface area contributed by atoms with Gasteiger partial charge in [0.15, 0.2) is 0 Å². The minimum Gasteiger partial charge on any atom is -0.467 e. The molecule has 0 heterocycles. The molecule has 0 aliphatic rings. The van der Waals surface area contributed by atoms with Crippen LogP contribution in [0.1, 0.15) is 20.3 Å². The van der Waals surface area contributed by atoms with E-state index in [4.69, 9.17) is 5.73 Å². The molecule has 0 aromatic carbocycles. The van der Waals surface area contributed by atoms with Crippen molar-refractivity contribution in [2.24, 2.45) is 11.7 Å². The number of nitrogens with one attached hydrogen (secondary N) is 2. The Morgan fingerprint density at radius 1 is 1.26 bits per heavy atom. The molecule has 1 unspecified atom stereocenters. The molecule has 0 aromatic rings. The minimum absolute atomic E-state index is 0.0628. The van der Waals surface area contributed by atoms with E-state index in [1.807, 2.05) is 13.8 Å². The van der Waals surface area contributed by atoms with Gasteiger partial charge in [-0.2, -0.15) is 0 Å². The number of methoxy groups -OCH3 is 1. The monoisotopic (exact) mass is 289 g/mol. The highest BCUT2D eigenvalue weighted by atomic mass is 32.1. The highest BCUT2D eigenvalue weighted by Crippen LogP contribution is 2.06. The lowest BCUT2D eigenvalue weighted by molar-refractivity contribution is -0.147. The molecule has 1 atom stereocenters. The lowest BCUT2D eigenvalue weighted by atomic mass is 10.0. The van der Waals surface area contributed by atoms with Crippen LogP contribution in [0.3, 0.4) is 0 Å². The van der Waals surface area contributed by atoms with E-state index < -0.39 is 23.8 Å². The summed E-state index contributed by atoms with van der Waals surface area (Å²) in [5.41, 5.74) is 5.19. The van der Waals surface area contributed by atoms with Crippen molar-refractivity contribution in [1.82, 2.24) is 10.6 Å². The molecule has 7 nitrogen and oxygen atoms in total. The summed E-state index contributed by atoms with van der Waals surface area (Å²) in [4.78, 5) is 34.5. The van der Waals surface area contributed by atoms with E-state index >= 15 is 0 Å². The number of carbonyl (C=O) groups excluding carboxylic acids is 3. The van der Waals surface area contributed by atoms with Crippen LogP contribution in [0.15, 0.2) is 0 Å². The molecule has 0 aliphatic carbocycles. The molecule has 19 heavy (non-hydrogen) atoms. The van der Waals surface area contributed by atoms with Gasteiger partial charge in [0.2, 0.25) is 0 Å². The summed E-state index contributed by atoms with van der Waals surface area (Å²) in [5, 5.41) is 4.54. The zero-order valence-corrected chi connectivity index (χ0v) is 12.0. The minimum atomic E-state index is -0.924. The third-order valence-corrected chi connectivity index (χ3v) is 2.27. The molecule has 0 bridgehead atoms. The van der Waals surface area contributed by atoms with Gasteiger partial charge in [0.25, 0.3) is 0 Å². The molecule has 0 aliphatic heterocycles. The van der Waals surface area contributed by atoms with Gasteiger partial charge in [0, 0.05) is 0 Å². The van der Waals surface area contributed by atoms with Crippen molar-refractivity contribution in [1.29, 1.82) is 0 Å². The zero-order valence-electron chi connectivity index (χ0n) is 11.2. The van der Waals surface area contributed by atoms with Gasteiger partial charge in [-0.15, -0.1) is 0 Å². The second-order valence-corrected chi connectivity index (χ2v) is 4.85. The van der Waals surface area contributed by atoms with Crippen molar-refractivity contribution in [3.8, 4) is 0 Å². The van der Waals surface area contributed by atoms with Crippen LogP contribution in [0.5, 0.6) is 0 Å². The number of amides is 2. The summed E-state index contributed by atoms with van der Waals surface area (Å²) in [6.45, 7) is 3.69. The van der Waals surface area contributed by atoms with Crippen LogP contribution in [0.25, 0.3) is 0 Å². The molecule has 8 heteroatoms. The molecule has 0 fully saturated rings. The molecular weight excluding hydrogens is 270 g/mol. The van der Waals surface area contributed by atoms with Crippen LogP contribution in [-0.2, 0) is 19.1 Å². The van der Waals surface area contributed by atoms with Gasteiger partial charge in [-0.3, -0.25) is 9.59 Å². The van der Waals surface area contributed by atoms with E-state index in [1.54, 1.807) is 0 Å². The molecule has 0 radical (unpaired) electrons. The first-order chi connectivity index (χ1) is 8.77. The van der Waals surface area contributed by atoms with Crippen molar-refractivity contribution in [3.05, 3.63) is 0 Å². The topological polar surface area (TPSA) is 111 Å². The van der Waals surface area contributed by atoms with Gasteiger partial charge in [-0.05, 0) is 12.3 Å². The Bertz CT molecular complexity index is 371. The van der Waals surface area contributed by atoms with Gasteiger partial charge < -0.3 is 21.1 Å². The van der Waals surface area contributed by atoms with E-state index in [9.17, 15) is 14.4 Å². The average molecular weight is 289 g/mol. The summed E-state index contributed by atoms with van der Waals surface area (Å²) < 4.78 is 4.57. The van der Waals surface area contributed by atoms with Crippen molar-refractivity contribution in [2.75, 3.05) is 13.7 Å². The van der Waals surface area contributed by atoms with Gasteiger partial charge in [-0.25, -0.2) is 4.79 Å². The molecule has 0 aromatic heterocycles. The third kappa shape index (κ3) is 7.35. The predicted molar refractivity (Wildman–Crippen MR) is 73.2 cm³/mol. The maximum Gasteiger partial charge on any atom is 0.328 e. The Kier molecular flexibility index (Phi) is 7.66. The Morgan fingerprint density at radius 2 is 1.84 bits per heavy atom.